The minimum absolute atomic E-state index is 0.298. The second-order valence-electron chi connectivity index (χ2n) is 6.95. The molecule has 2 N–H and O–H groups in total. The summed E-state index contributed by atoms with van der Waals surface area (Å²) in [4.78, 5) is 32.4. The molecule has 1 atom stereocenters. The molecule has 8 heteroatoms. The van der Waals surface area contributed by atoms with E-state index in [1.807, 2.05) is 29.8 Å². The zero-order valence-electron chi connectivity index (χ0n) is 15.7. The highest BCUT2D eigenvalue weighted by atomic mass is 16.6. The number of aryl methyl sites for hydroxylation is 1. The number of imidazole rings is 1. The first-order chi connectivity index (χ1) is 12.2. The smallest absolute Gasteiger partial charge is 0.408 e. The maximum absolute atomic E-state index is 12.2. The van der Waals surface area contributed by atoms with Crippen LogP contribution in [-0.4, -0.2) is 38.2 Å². The van der Waals surface area contributed by atoms with Crippen molar-refractivity contribution in [2.24, 2.45) is 0 Å². The first kappa shape index (κ1) is 19.4. The average Bonchev–Trinajstić information content (AvgIpc) is 2.97. The molecule has 140 valence electrons. The Bertz CT molecular complexity index is 779. The van der Waals surface area contributed by atoms with Crippen LogP contribution in [0.5, 0.6) is 0 Å². The Balaban J connectivity index is 1.91. The lowest BCUT2D eigenvalue weighted by atomic mass is 10.2. The lowest BCUT2D eigenvalue weighted by Gasteiger charge is -2.21. The summed E-state index contributed by atoms with van der Waals surface area (Å²) in [5, 5.41) is 5.31. The average molecular weight is 359 g/mol. The molecule has 2 aromatic heterocycles. The number of hydrogen-bond donors (Lipinski definition) is 2. The van der Waals surface area contributed by atoms with Gasteiger partial charge in [-0.25, -0.2) is 14.8 Å². The van der Waals surface area contributed by atoms with Gasteiger partial charge in [0.1, 0.15) is 23.3 Å². The van der Waals surface area contributed by atoms with E-state index < -0.39 is 17.7 Å². The van der Waals surface area contributed by atoms with Crippen LogP contribution in [0.2, 0.25) is 0 Å². The Morgan fingerprint density at radius 3 is 2.62 bits per heavy atom. The topological polar surface area (TPSA) is 98.1 Å². The number of hydrogen-bond acceptors (Lipinski definition) is 5. The van der Waals surface area contributed by atoms with Crippen molar-refractivity contribution in [3.05, 3.63) is 42.1 Å². The number of pyridine rings is 1. The highest BCUT2D eigenvalue weighted by Gasteiger charge is 2.20. The number of aromatic nitrogens is 3. The van der Waals surface area contributed by atoms with Gasteiger partial charge in [-0.05, 0) is 52.3 Å². The molecule has 2 rings (SSSR count). The van der Waals surface area contributed by atoms with Gasteiger partial charge in [-0.3, -0.25) is 9.36 Å². The van der Waals surface area contributed by atoms with Crippen LogP contribution >= 0.6 is 0 Å². The third kappa shape index (κ3) is 5.58. The number of nitrogens with one attached hydrogen (secondary N) is 2. The van der Waals surface area contributed by atoms with Crippen molar-refractivity contribution in [2.75, 3.05) is 0 Å². The molecular formula is C18H25N5O3. The molecule has 0 bridgehead atoms. The summed E-state index contributed by atoms with van der Waals surface area (Å²) in [5.74, 6) is 1.26. The van der Waals surface area contributed by atoms with Crippen LogP contribution in [0, 0.1) is 6.92 Å². The van der Waals surface area contributed by atoms with Gasteiger partial charge in [-0.1, -0.05) is 0 Å². The van der Waals surface area contributed by atoms with Crippen molar-refractivity contribution in [3.8, 4) is 5.82 Å². The highest BCUT2D eigenvalue weighted by Crippen LogP contribution is 2.10. The van der Waals surface area contributed by atoms with Crippen LogP contribution in [0.25, 0.3) is 5.82 Å². The van der Waals surface area contributed by atoms with Gasteiger partial charge in [0.2, 0.25) is 5.91 Å². The zero-order valence-corrected chi connectivity index (χ0v) is 15.7. The first-order valence-electron chi connectivity index (χ1n) is 8.38. The molecule has 2 heterocycles. The van der Waals surface area contributed by atoms with Crippen molar-refractivity contribution in [1.82, 2.24) is 25.2 Å². The van der Waals surface area contributed by atoms with Gasteiger partial charge >= 0.3 is 6.09 Å². The summed E-state index contributed by atoms with van der Waals surface area (Å²) < 4.78 is 7.00. The van der Waals surface area contributed by atoms with Crippen LogP contribution in [0.4, 0.5) is 4.79 Å². The second kappa shape index (κ2) is 7.99. The summed E-state index contributed by atoms with van der Waals surface area (Å²) in [7, 11) is 0. The van der Waals surface area contributed by atoms with E-state index in [1.54, 1.807) is 40.1 Å². The summed E-state index contributed by atoms with van der Waals surface area (Å²) >= 11 is 0. The van der Waals surface area contributed by atoms with Gasteiger partial charge in [-0.15, -0.1) is 0 Å². The van der Waals surface area contributed by atoms with Crippen molar-refractivity contribution < 1.29 is 14.3 Å². The molecule has 2 aromatic rings. The minimum atomic E-state index is -0.706. The van der Waals surface area contributed by atoms with Gasteiger partial charge in [0, 0.05) is 25.1 Å². The Morgan fingerprint density at radius 1 is 1.27 bits per heavy atom. The van der Waals surface area contributed by atoms with E-state index in [-0.39, 0.29) is 5.91 Å². The largest absolute Gasteiger partial charge is 0.444 e. The summed E-state index contributed by atoms with van der Waals surface area (Å²) in [6.45, 7) is 9.11. The lowest BCUT2D eigenvalue weighted by Crippen LogP contribution is -2.46. The molecule has 0 spiro atoms. The predicted molar refractivity (Wildman–Crippen MR) is 96.8 cm³/mol. The van der Waals surface area contributed by atoms with Crippen molar-refractivity contribution in [1.29, 1.82) is 0 Å². The first-order valence-corrected chi connectivity index (χ1v) is 8.38. The molecule has 0 aliphatic rings. The quantitative estimate of drug-likeness (QED) is 0.852. The molecule has 0 saturated heterocycles. The third-order valence-corrected chi connectivity index (χ3v) is 3.48. The van der Waals surface area contributed by atoms with Crippen LogP contribution in [0.15, 0.2) is 30.7 Å². The van der Waals surface area contributed by atoms with Crippen LogP contribution < -0.4 is 10.6 Å². The van der Waals surface area contributed by atoms with Crippen molar-refractivity contribution in [2.45, 2.75) is 52.8 Å². The molecule has 0 fully saturated rings. The van der Waals surface area contributed by atoms with Gasteiger partial charge in [0.15, 0.2) is 0 Å². The number of amides is 2. The summed E-state index contributed by atoms with van der Waals surface area (Å²) in [6.07, 6.45) is 4.59. The fourth-order valence-corrected chi connectivity index (χ4v) is 2.21. The minimum Gasteiger partial charge on any atom is -0.444 e. The van der Waals surface area contributed by atoms with E-state index in [4.69, 9.17) is 4.74 Å². The van der Waals surface area contributed by atoms with E-state index in [0.717, 1.165) is 17.2 Å². The number of nitrogens with zero attached hydrogens (tertiary/aromatic N) is 3. The fraction of sp³-hybridized carbons (Fsp3) is 0.444. The van der Waals surface area contributed by atoms with E-state index in [2.05, 4.69) is 20.6 Å². The molecule has 0 saturated carbocycles. The molecule has 2 amide bonds. The van der Waals surface area contributed by atoms with Gasteiger partial charge in [0.25, 0.3) is 0 Å². The van der Waals surface area contributed by atoms with Gasteiger partial charge in [0.05, 0.1) is 0 Å². The Hall–Kier alpha value is -2.90. The van der Waals surface area contributed by atoms with Crippen molar-refractivity contribution >= 4 is 12.0 Å². The van der Waals surface area contributed by atoms with E-state index >= 15 is 0 Å². The third-order valence-electron chi connectivity index (χ3n) is 3.48. The second-order valence-corrected chi connectivity index (χ2v) is 6.95. The fourth-order valence-electron chi connectivity index (χ4n) is 2.21. The molecule has 0 radical (unpaired) electrons. The van der Waals surface area contributed by atoms with Gasteiger partial charge < -0.3 is 15.4 Å². The maximum atomic E-state index is 12.2. The summed E-state index contributed by atoms with van der Waals surface area (Å²) in [5.41, 5.74) is 0.278. The molecular weight excluding hydrogens is 334 g/mol. The van der Waals surface area contributed by atoms with Gasteiger partial charge in [-0.2, -0.15) is 0 Å². The zero-order chi connectivity index (χ0) is 19.3. The SMILES string of the molecule is Cc1nccn1-c1cc(CNC(=O)C(C)NC(=O)OC(C)(C)C)ccn1. The number of rotatable bonds is 5. The van der Waals surface area contributed by atoms with Crippen LogP contribution in [0.3, 0.4) is 0 Å². The Kier molecular flexibility index (Phi) is 5.97. The lowest BCUT2D eigenvalue weighted by molar-refractivity contribution is -0.122. The monoisotopic (exact) mass is 359 g/mol. The number of alkyl carbamates (subject to hydrolysis) is 1. The predicted octanol–water partition coefficient (Wildman–Crippen LogP) is 2.11. The van der Waals surface area contributed by atoms with Crippen LogP contribution in [-0.2, 0) is 16.1 Å². The standard InChI is InChI=1S/C18H25N5O3/c1-12(22-17(25)26-18(3,4)5)16(24)21-11-14-6-7-20-15(10-14)23-9-8-19-13(23)2/h6-10,12H,11H2,1-5H3,(H,21,24)(H,22,25). The number of carbonyl (C=O) groups is 2. The number of ether oxygens (including phenoxy) is 1. The van der Waals surface area contributed by atoms with E-state index in [9.17, 15) is 9.59 Å². The Morgan fingerprint density at radius 2 is 2.00 bits per heavy atom. The molecule has 8 nitrogen and oxygen atoms in total. The normalized spacial score (nSPS) is 12.3. The maximum Gasteiger partial charge on any atom is 0.408 e. The molecule has 0 aliphatic heterocycles. The molecule has 0 aromatic carbocycles. The highest BCUT2D eigenvalue weighted by molar-refractivity contribution is 5.85. The van der Waals surface area contributed by atoms with Crippen LogP contribution in [0.1, 0.15) is 39.1 Å². The van der Waals surface area contributed by atoms with E-state index in [1.165, 1.54) is 0 Å². The molecule has 26 heavy (non-hydrogen) atoms. The molecule has 0 aliphatic carbocycles. The van der Waals surface area contributed by atoms with E-state index in [0.29, 0.717) is 6.54 Å². The summed E-state index contributed by atoms with van der Waals surface area (Å²) in [6, 6.07) is 2.99. The molecule has 1 unspecified atom stereocenters. The number of carbonyl (C=O) groups excluding carboxylic acids is 2. The van der Waals surface area contributed by atoms with Crippen molar-refractivity contribution in [3.63, 3.8) is 0 Å². The Labute approximate surface area is 153 Å².